The Balaban J connectivity index is 2.59. The van der Waals surface area contributed by atoms with Gasteiger partial charge in [0.05, 0.1) is 23.8 Å². The van der Waals surface area contributed by atoms with E-state index in [9.17, 15) is 5.11 Å². The molecular weight excluding hydrogens is 248 g/mol. The van der Waals surface area contributed by atoms with Crippen LogP contribution < -0.4 is 5.43 Å². The summed E-state index contributed by atoms with van der Waals surface area (Å²) in [5.41, 5.74) is 3.52. The van der Waals surface area contributed by atoms with Gasteiger partial charge < -0.3 is 15.6 Å². The molecule has 0 aromatic heterocycles. The van der Waals surface area contributed by atoms with Crippen molar-refractivity contribution in [3.05, 3.63) is 28.2 Å². The van der Waals surface area contributed by atoms with Crippen LogP contribution in [0.1, 0.15) is 5.56 Å². The molecular formula is C9H11BrN2O2. The monoisotopic (exact) mass is 258 g/mol. The van der Waals surface area contributed by atoms with Gasteiger partial charge in [-0.3, -0.25) is 0 Å². The number of phenols is 1. The predicted molar refractivity (Wildman–Crippen MR) is 58.5 cm³/mol. The fourth-order valence-corrected chi connectivity index (χ4v) is 1.23. The molecule has 1 aromatic carbocycles. The van der Waals surface area contributed by atoms with Crippen LogP contribution in [0.15, 0.2) is 27.8 Å². The summed E-state index contributed by atoms with van der Waals surface area (Å²) in [7, 11) is 0. The van der Waals surface area contributed by atoms with Crippen molar-refractivity contribution >= 4 is 22.1 Å². The second-order valence-electron chi connectivity index (χ2n) is 2.60. The van der Waals surface area contributed by atoms with Crippen molar-refractivity contribution in [1.29, 1.82) is 0 Å². The van der Waals surface area contributed by atoms with Gasteiger partial charge in [0.1, 0.15) is 5.75 Å². The molecule has 4 nitrogen and oxygen atoms in total. The van der Waals surface area contributed by atoms with Gasteiger partial charge in [-0.25, -0.2) is 0 Å². The highest BCUT2D eigenvalue weighted by atomic mass is 79.9. The topological polar surface area (TPSA) is 64.8 Å². The Morgan fingerprint density at radius 3 is 2.93 bits per heavy atom. The zero-order chi connectivity index (χ0) is 10.4. The minimum Gasteiger partial charge on any atom is -0.507 e. The lowest BCUT2D eigenvalue weighted by Crippen LogP contribution is -2.11. The number of aliphatic hydroxyl groups excluding tert-OH is 1. The molecule has 0 unspecified atom stereocenters. The van der Waals surface area contributed by atoms with Crippen molar-refractivity contribution < 1.29 is 10.2 Å². The Kier molecular flexibility index (Phi) is 4.42. The third-order valence-corrected chi connectivity index (χ3v) is 2.14. The third kappa shape index (κ3) is 3.35. The lowest BCUT2D eigenvalue weighted by molar-refractivity contribution is 0.294. The lowest BCUT2D eigenvalue weighted by Gasteiger charge is -1.98. The minimum absolute atomic E-state index is 0.0522. The Labute approximate surface area is 90.4 Å². The van der Waals surface area contributed by atoms with E-state index >= 15 is 0 Å². The summed E-state index contributed by atoms with van der Waals surface area (Å²) in [4.78, 5) is 0. The van der Waals surface area contributed by atoms with Crippen molar-refractivity contribution in [1.82, 2.24) is 5.43 Å². The normalized spacial score (nSPS) is 10.7. The van der Waals surface area contributed by atoms with Gasteiger partial charge in [0.15, 0.2) is 0 Å². The fraction of sp³-hybridized carbons (Fsp3) is 0.222. The van der Waals surface area contributed by atoms with Crippen LogP contribution in [0, 0.1) is 0 Å². The minimum atomic E-state index is 0.0522. The summed E-state index contributed by atoms with van der Waals surface area (Å²) < 4.78 is 0.628. The number of nitrogens with one attached hydrogen (secondary N) is 1. The largest absolute Gasteiger partial charge is 0.507 e. The lowest BCUT2D eigenvalue weighted by atomic mass is 10.2. The smallest absolute Gasteiger partial charge is 0.129 e. The van der Waals surface area contributed by atoms with Crippen LogP contribution in [0.4, 0.5) is 0 Å². The van der Waals surface area contributed by atoms with Gasteiger partial charge in [-0.1, -0.05) is 0 Å². The molecule has 0 spiro atoms. The van der Waals surface area contributed by atoms with Gasteiger partial charge in [-0.15, -0.1) is 0 Å². The zero-order valence-electron chi connectivity index (χ0n) is 7.44. The van der Waals surface area contributed by atoms with Crippen LogP contribution in [-0.2, 0) is 0 Å². The van der Waals surface area contributed by atoms with Gasteiger partial charge >= 0.3 is 0 Å². The van der Waals surface area contributed by atoms with Crippen molar-refractivity contribution in [3.8, 4) is 5.75 Å². The van der Waals surface area contributed by atoms with Crippen molar-refractivity contribution in [2.24, 2.45) is 5.10 Å². The van der Waals surface area contributed by atoms with Crippen LogP contribution in [0.25, 0.3) is 0 Å². The fourth-order valence-electron chi connectivity index (χ4n) is 0.838. The third-order valence-electron chi connectivity index (χ3n) is 1.50. The Morgan fingerprint density at radius 2 is 2.29 bits per heavy atom. The molecule has 0 radical (unpaired) electrons. The number of hydrogen-bond donors (Lipinski definition) is 3. The molecule has 5 heteroatoms. The molecule has 3 N–H and O–H groups in total. The van der Waals surface area contributed by atoms with Crippen molar-refractivity contribution in [2.45, 2.75) is 0 Å². The van der Waals surface area contributed by atoms with Gasteiger partial charge in [-0.05, 0) is 39.7 Å². The van der Waals surface area contributed by atoms with E-state index in [1.807, 2.05) is 0 Å². The number of phenolic OH excluding ortho intramolecular Hbond substituents is 1. The van der Waals surface area contributed by atoms with E-state index < -0.39 is 0 Å². The first-order valence-corrected chi connectivity index (χ1v) is 4.88. The number of hydrazone groups is 1. The first-order valence-electron chi connectivity index (χ1n) is 4.09. The quantitative estimate of drug-likeness (QED) is 0.430. The highest BCUT2D eigenvalue weighted by molar-refractivity contribution is 9.10. The summed E-state index contributed by atoms with van der Waals surface area (Å²) in [6, 6.07) is 5.07. The number of aromatic hydroxyl groups is 1. The van der Waals surface area contributed by atoms with E-state index in [0.717, 1.165) is 5.56 Å². The second-order valence-corrected chi connectivity index (χ2v) is 3.46. The van der Waals surface area contributed by atoms with E-state index in [1.54, 1.807) is 24.4 Å². The second kappa shape index (κ2) is 5.62. The maximum absolute atomic E-state index is 9.21. The van der Waals surface area contributed by atoms with Crippen molar-refractivity contribution in [2.75, 3.05) is 13.2 Å². The summed E-state index contributed by atoms with van der Waals surface area (Å²) in [6.45, 7) is 0.479. The molecule has 76 valence electrons. The number of rotatable bonds is 4. The number of aliphatic hydroxyl groups is 1. The SMILES string of the molecule is OCCNN=Cc1ccc(O)c(Br)c1. The number of hydrogen-bond acceptors (Lipinski definition) is 4. The van der Waals surface area contributed by atoms with Crippen molar-refractivity contribution in [3.63, 3.8) is 0 Å². The highest BCUT2D eigenvalue weighted by Crippen LogP contribution is 2.23. The summed E-state index contributed by atoms with van der Waals surface area (Å²) in [6.07, 6.45) is 1.61. The molecule has 0 bridgehead atoms. The van der Waals surface area contributed by atoms with Gasteiger partial charge in [0.25, 0.3) is 0 Å². The van der Waals surface area contributed by atoms with E-state index in [2.05, 4.69) is 26.5 Å². The first-order chi connectivity index (χ1) is 6.74. The van der Waals surface area contributed by atoms with Crippen LogP contribution in [0.3, 0.4) is 0 Å². The summed E-state index contributed by atoms with van der Waals surface area (Å²) >= 11 is 3.20. The molecule has 0 aliphatic rings. The molecule has 0 heterocycles. The van der Waals surface area contributed by atoms with Crippen LogP contribution in [-0.4, -0.2) is 29.6 Å². The Bertz CT molecular complexity index is 329. The predicted octanol–water partition coefficient (Wildman–Crippen LogP) is 1.07. The molecule has 0 aliphatic heterocycles. The number of benzene rings is 1. The van der Waals surface area contributed by atoms with E-state index in [-0.39, 0.29) is 12.4 Å². The Morgan fingerprint density at radius 1 is 1.50 bits per heavy atom. The molecule has 0 fully saturated rings. The van der Waals surface area contributed by atoms with Gasteiger partial charge in [0.2, 0.25) is 0 Å². The molecule has 0 amide bonds. The maximum Gasteiger partial charge on any atom is 0.129 e. The molecule has 14 heavy (non-hydrogen) atoms. The molecule has 1 aromatic rings. The summed E-state index contributed by atoms with van der Waals surface area (Å²) in [5.74, 6) is 0.200. The standard InChI is InChI=1S/C9H11BrN2O2/c10-8-5-7(1-2-9(8)14)6-12-11-3-4-13/h1-2,5-6,11,13-14H,3-4H2. The average molecular weight is 259 g/mol. The van der Waals surface area contributed by atoms with E-state index in [0.29, 0.717) is 11.0 Å². The highest BCUT2D eigenvalue weighted by Gasteiger charge is 1.96. The van der Waals surface area contributed by atoms with E-state index in [4.69, 9.17) is 5.11 Å². The van der Waals surface area contributed by atoms with Gasteiger partial charge in [0, 0.05) is 0 Å². The molecule has 0 aliphatic carbocycles. The summed E-state index contributed by atoms with van der Waals surface area (Å²) in [5, 5.41) is 21.5. The molecule has 1 rings (SSSR count). The molecule has 0 atom stereocenters. The average Bonchev–Trinajstić information content (AvgIpc) is 2.18. The molecule has 0 saturated heterocycles. The first kappa shape index (κ1) is 11.0. The maximum atomic E-state index is 9.21. The van der Waals surface area contributed by atoms with Crippen LogP contribution in [0.2, 0.25) is 0 Å². The van der Waals surface area contributed by atoms with E-state index in [1.165, 1.54) is 0 Å². The Hall–Kier alpha value is -1.07. The number of nitrogens with zero attached hydrogens (tertiary/aromatic N) is 1. The van der Waals surface area contributed by atoms with Crippen LogP contribution >= 0.6 is 15.9 Å². The van der Waals surface area contributed by atoms with Gasteiger partial charge in [-0.2, -0.15) is 5.10 Å². The molecule has 0 saturated carbocycles. The van der Waals surface area contributed by atoms with Crippen LogP contribution in [0.5, 0.6) is 5.75 Å². The zero-order valence-corrected chi connectivity index (χ0v) is 9.03. The number of halogens is 1.